The first-order valence-electron chi connectivity index (χ1n) is 10.3. The van der Waals surface area contributed by atoms with Crippen LogP contribution in [0.2, 0.25) is 5.02 Å². The third-order valence-electron chi connectivity index (χ3n) is 5.97. The molecule has 0 spiro atoms. The Hall–Kier alpha value is -2.30. The second kappa shape index (κ2) is 9.67. The Morgan fingerprint density at radius 1 is 1.27 bits per heavy atom. The molecule has 0 aromatic heterocycles. The molecule has 4 atom stereocenters. The van der Waals surface area contributed by atoms with Gasteiger partial charge in [-0.3, -0.25) is 4.79 Å². The maximum absolute atomic E-state index is 11.0. The highest BCUT2D eigenvalue weighted by Crippen LogP contribution is 2.49. The lowest BCUT2D eigenvalue weighted by Gasteiger charge is -2.42. The van der Waals surface area contributed by atoms with Crippen molar-refractivity contribution in [3.8, 4) is 5.75 Å². The third-order valence-corrected chi connectivity index (χ3v) is 6.31. The van der Waals surface area contributed by atoms with E-state index in [0.29, 0.717) is 6.42 Å². The van der Waals surface area contributed by atoms with Crippen LogP contribution in [0.3, 0.4) is 0 Å². The minimum absolute atomic E-state index is 0.0436. The number of hydrogen-bond donors (Lipinski definition) is 1. The fourth-order valence-corrected chi connectivity index (χ4v) is 4.60. The molecule has 160 valence electrons. The largest absolute Gasteiger partial charge is 0.496 e. The summed E-state index contributed by atoms with van der Waals surface area (Å²) in [4.78, 5) is 11.0. The predicted molar refractivity (Wildman–Crippen MR) is 119 cm³/mol. The third kappa shape index (κ3) is 4.88. The van der Waals surface area contributed by atoms with E-state index in [9.17, 15) is 4.79 Å². The van der Waals surface area contributed by atoms with E-state index < -0.39 is 5.97 Å². The Labute approximate surface area is 183 Å². The van der Waals surface area contributed by atoms with Crippen molar-refractivity contribution in [3.05, 3.63) is 76.3 Å². The number of carbonyl (C=O) groups is 1. The molecule has 0 aliphatic carbocycles. The Kier molecular flexibility index (Phi) is 7.22. The van der Waals surface area contributed by atoms with Gasteiger partial charge in [0.15, 0.2) is 0 Å². The van der Waals surface area contributed by atoms with Gasteiger partial charge in [0.05, 0.1) is 19.3 Å². The van der Waals surface area contributed by atoms with Crippen molar-refractivity contribution >= 4 is 17.6 Å². The van der Waals surface area contributed by atoms with E-state index in [0.717, 1.165) is 39.5 Å². The van der Waals surface area contributed by atoms with Gasteiger partial charge in [0.25, 0.3) is 0 Å². The highest BCUT2D eigenvalue weighted by atomic mass is 35.5. The normalized spacial score (nSPS) is 23.7. The Balaban J connectivity index is 1.95. The van der Waals surface area contributed by atoms with E-state index in [1.165, 1.54) is 0 Å². The summed E-state index contributed by atoms with van der Waals surface area (Å²) >= 11 is 6.49. The van der Waals surface area contributed by atoms with Crippen molar-refractivity contribution in [2.24, 2.45) is 5.92 Å². The summed E-state index contributed by atoms with van der Waals surface area (Å²) in [6.07, 6.45) is 1.17. The van der Waals surface area contributed by atoms with Gasteiger partial charge in [0.1, 0.15) is 5.75 Å². The molecule has 1 saturated heterocycles. The molecule has 0 unspecified atom stereocenters. The minimum Gasteiger partial charge on any atom is -0.496 e. The van der Waals surface area contributed by atoms with Gasteiger partial charge in [-0.25, -0.2) is 0 Å². The molecule has 1 heterocycles. The molecule has 0 bridgehead atoms. The number of hydrogen-bond acceptors (Lipinski definition) is 3. The van der Waals surface area contributed by atoms with Crippen LogP contribution in [0.15, 0.2) is 54.6 Å². The second-order valence-corrected chi connectivity index (χ2v) is 8.46. The topological polar surface area (TPSA) is 55.8 Å². The van der Waals surface area contributed by atoms with E-state index in [1.54, 1.807) is 7.11 Å². The predicted octanol–water partition coefficient (Wildman–Crippen LogP) is 6.19. The summed E-state index contributed by atoms with van der Waals surface area (Å²) < 4.78 is 12.2. The number of ether oxygens (including phenoxy) is 2. The SMILES string of the molecule is C=C(C)[C@H]1C[C@@H](c2ccccc2Cl)[C@H](C)O[C@@H]1c1cc(CCC(=O)O)ccc1OC. The number of carboxylic acids is 1. The summed E-state index contributed by atoms with van der Waals surface area (Å²) in [7, 11) is 1.64. The summed E-state index contributed by atoms with van der Waals surface area (Å²) in [5.74, 6) is 0.190. The van der Waals surface area contributed by atoms with Crippen LogP contribution in [-0.2, 0) is 16.0 Å². The van der Waals surface area contributed by atoms with Gasteiger partial charge in [-0.15, -0.1) is 0 Å². The molecule has 30 heavy (non-hydrogen) atoms. The lowest BCUT2D eigenvalue weighted by Crippen LogP contribution is -2.34. The number of carboxylic acid groups (broad SMARTS) is 1. The Morgan fingerprint density at radius 3 is 2.63 bits per heavy atom. The second-order valence-electron chi connectivity index (χ2n) is 8.05. The summed E-state index contributed by atoms with van der Waals surface area (Å²) in [6.45, 7) is 8.35. The van der Waals surface area contributed by atoms with E-state index >= 15 is 0 Å². The molecule has 3 rings (SSSR count). The summed E-state index contributed by atoms with van der Waals surface area (Å²) in [5.41, 5.74) is 4.04. The molecule has 1 aliphatic heterocycles. The van der Waals surface area contributed by atoms with Gasteiger partial charge in [-0.1, -0.05) is 48.0 Å². The molecule has 0 saturated carbocycles. The van der Waals surface area contributed by atoms with Crippen molar-refractivity contribution in [3.63, 3.8) is 0 Å². The average molecular weight is 429 g/mol. The van der Waals surface area contributed by atoms with Crippen molar-refractivity contribution in [1.82, 2.24) is 0 Å². The molecule has 1 fully saturated rings. The molecule has 4 nitrogen and oxygen atoms in total. The van der Waals surface area contributed by atoms with Crippen molar-refractivity contribution < 1.29 is 19.4 Å². The number of methoxy groups -OCH3 is 1. The monoisotopic (exact) mass is 428 g/mol. The van der Waals surface area contributed by atoms with Gasteiger partial charge in [0, 0.05) is 28.8 Å². The van der Waals surface area contributed by atoms with Crippen LogP contribution in [0.1, 0.15) is 55.4 Å². The van der Waals surface area contributed by atoms with Gasteiger partial charge < -0.3 is 14.6 Å². The zero-order valence-electron chi connectivity index (χ0n) is 17.7. The lowest BCUT2D eigenvalue weighted by atomic mass is 9.75. The first-order valence-corrected chi connectivity index (χ1v) is 10.6. The molecular weight excluding hydrogens is 400 g/mol. The zero-order chi connectivity index (χ0) is 21.8. The van der Waals surface area contributed by atoms with Crippen LogP contribution in [-0.4, -0.2) is 24.3 Å². The molecule has 2 aromatic rings. The van der Waals surface area contributed by atoms with Gasteiger partial charge >= 0.3 is 5.97 Å². The zero-order valence-corrected chi connectivity index (χ0v) is 18.5. The van der Waals surface area contributed by atoms with E-state index in [4.69, 9.17) is 26.2 Å². The molecule has 2 aromatic carbocycles. The average Bonchev–Trinajstić information content (AvgIpc) is 2.72. The fourth-order valence-electron chi connectivity index (χ4n) is 4.33. The number of rotatable bonds is 7. The molecule has 5 heteroatoms. The minimum atomic E-state index is -0.808. The Morgan fingerprint density at radius 2 is 2.00 bits per heavy atom. The maximum Gasteiger partial charge on any atom is 0.303 e. The van der Waals surface area contributed by atoms with Crippen LogP contribution in [0.25, 0.3) is 0 Å². The lowest BCUT2D eigenvalue weighted by molar-refractivity contribution is -0.136. The first-order chi connectivity index (χ1) is 14.3. The Bertz CT molecular complexity index is 923. The molecule has 1 aliphatic rings. The summed E-state index contributed by atoms with van der Waals surface area (Å²) in [6, 6.07) is 13.8. The van der Waals surface area contributed by atoms with Crippen molar-refractivity contribution in [2.45, 2.75) is 51.2 Å². The van der Waals surface area contributed by atoms with Crippen molar-refractivity contribution in [1.29, 1.82) is 0 Å². The van der Waals surface area contributed by atoms with Gasteiger partial charge in [-0.05, 0) is 56.0 Å². The van der Waals surface area contributed by atoms with Crippen LogP contribution in [0.4, 0.5) is 0 Å². The fraction of sp³-hybridized carbons (Fsp3) is 0.400. The molecule has 0 radical (unpaired) electrons. The number of halogens is 1. The maximum atomic E-state index is 11.0. The van der Waals surface area contributed by atoms with Crippen LogP contribution in [0.5, 0.6) is 5.75 Å². The quantitative estimate of drug-likeness (QED) is 0.534. The van der Waals surface area contributed by atoms with Crippen LogP contribution >= 0.6 is 11.6 Å². The van der Waals surface area contributed by atoms with E-state index in [1.807, 2.05) is 43.3 Å². The highest BCUT2D eigenvalue weighted by molar-refractivity contribution is 6.31. The van der Waals surface area contributed by atoms with Gasteiger partial charge in [-0.2, -0.15) is 0 Å². The van der Waals surface area contributed by atoms with E-state index in [2.05, 4.69) is 19.6 Å². The van der Waals surface area contributed by atoms with Crippen molar-refractivity contribution in [2.75, 3.05) is 7.11 Å². The molecule has 0 amide bonds. The van der Waals surface area contributed by atoms with Crippen LogP contribution < -0.4 is 4.74 Å². The highest BCUT2D eigenvalue weighted by Gasteiger charge is 2.39. The van der Waals surface area contributed by atoms with Gasteiger partial charge in [0.2, 0.25) is 0 Å². The molecular formula is C25H29ClO4. The van der Waals surface area contributed by atoms with Crippen LogP contribution in [0, 0.1) is 5.92 Å². The standard InChI is InChI=1S/C25H29ClO4/c1-15(2)19-14-20(18-7-5-6-8-22(18)26)16(3)30-25(19)21-13-17(10-12-24(27)28)9-11-23(21)29-4/h5-9,11,13,16,19-20,25H,1,10,12,14H2,2-4H3,(H,27,28)/t16-,19+,20+,25-/m0/s1. The number of benzene rings is 2. The van der Waals surface area contributed by atoms with E-state index in [-0.39, 0.29) is 30.5 Å². The first kappa shape index (κ1) is 22.4. The number of aryl methyl sites for hydroxylation is 1. The number of aliphatic carboxylic acids is 1. The smallest absolute Gasteiger partial charge is 0.303 e. The summed E-state index contributed by atoms with van der Waals surface area (Å²) in [5, 5.41) is 9.79. The molecule has 1 N–H and O–H groups in total.